The van der Waals surface area contributed by atoms with Gasteiger partial charge in [-0.05, 0) is 30.2 Å². The van der Waals surface area contributed by atoms with Gasteiger partial charge in [-0.1, -0.05) is 42.0 Å². The summed E-state index contributed by atoms with van der Waals surface area (Å²) in [6, 6.07) is 15.5. The Morgan fingerprint density at radius 2 is 1.77 bits per heavy atom. The summed E-state index contributed by atoms with van der Waals surface area (Å²) in [5.74, 6) is -0.758. The zero-order valence-electron chi connectivity index (χ0n) is 11.8. The number of carboxylic acid groups (broad SMARTS) is 1. The first-order valence-electron chi connectivity index (χ1n) is 6.21. The molecule has 2 aromatic carbocycles. The fraction of sp³-hybridized carbons (Fsp3) is 0.125. The molecule has 0 aromatic heterocycles. The Balaban J connectivity index is 0.000000478. The van der Waals surface area contributed by atoms with E-state index in [0.717, 1.165) is 11.1 Å². The van der Waals surface area contributed by atoms with Crippen molar-refractivity contribution in [3.63, 3.8) is 0 Å². The molecule has 22 heavy (non-hydrogen) atoms. The molecule has 122 valence electrons. The quantitative estimate of drug-likeness (QED) is 0.408. The van der Waals surface area contributed by atoms with Gasteiger partial charge in [-0.15, -0.1) is 0 Å². The molecule has 0 spiro atoms. The second kappa shape index (κ2) is 9.14. The number of phenolic OH excluding ortho intramolecular Hbond substituents is 1. The van der Waals surface area contributed by atoms with Crippen molar-refractivity contribution in [1.82, 2.24) is 5.32 Å². The normalized spacial score (nSPS) is 8.77. The van der Waals surface area contributed by atoms with E-state index in [1.165, 1.54) is 12.0 Å². The van der Waals surface area contributed by atoms with Crippen LogP contribution in [-0.4, -0.2) is 29.1 Å². The van der Waals surface area contributed by atoms with Crippen molar-refractivity contribution in [3.05, 3.63) is 54.1 Å². The Labute approximate surface area is 122 Å². The molecule has 2 aromatic rings. The molecule has 0 saturated heterocycles. The van der Waals surface area contributed by atoms with Crippen LogP contribution in [0.4, 0.5) is 0 Å². The summed E-state index contributed by atoms with van der Waals surface area (Å²) in [4.78, 5) is 18.7. The van der Waals surface area contributed by atoms with E-state index in [1.807, 2.05) is 17.4 Å². The third-order valence-corrected chi connectivity index (χ3v) is 2.54. The van der Waals surface area contributed by atoms with E-state index < -0.39 is 5.97 Å². The van der Waals surface area contributed by atoms with Gasteiger partial charge < -0.3 is 20.3 Å². The molecule has 0 aliphatic heterocycles. The van der Waals surface area contributed by atoms with Gasteiger partial charge in [0.05, 0.1) is 6.54 Å². The molecule has 0 heterocycles. The number of phenols is 1. The van der Waals surface area contributed by atoms with Crippen LogP contribution < -0.4 is 5.32 Å². The molecule has 6 heteroatoms. The van der Waals surface area contributed by atoms with E-state index in [-0.39, 0.29) is 6.54 Å². The van der Waals surface area contributed by atoms with Gasteiger partial charge in [0.25, 0.3) is 0 Å². The summed E-state index contributed by atoms with van der Waals surface area (Å²) in [5, 5.41) is 19.0. The minimum Gasteiger partial charge on any atom is -0.521 e. The molecule has 5 nitrogen and oxygen atoms in total. The van der Waals surface area contributed by atoms with Gasteiger partial charge in [0, 0.05) is 0 Å². The Kier molecular flexibility index (Phi) is 7.55. The first-order chi connectivity index (χ1) is 10.0. The number of amides is 1. The number of nitrogens with one attached hydrogen (secondary N) is 1. The molecule has 2 rings (SSSR count). The molecule has 0 bridgehead atoms. The van der Waals surface area contributed by atoms with E-state index in [2.05, 4.69) is 31.2 Å². The topological polar surface area (TPSA) is 86.6 Å². The Bertz CT molecular complexity index is 599. The van der Waals surface area contributed by atoms with Crippen LogP contribution in [0.15, 0.2) is 48.5 Å². The summed E-state index contributed by atoms with van der Waals surface area (Å²) in [6.45, 7) is 1.70. The van der Waals surface area contributed by atoms with Crippen LogP contribution in [0.1, 0.15) is 5.56 Å². The Morgan fingerprint density at radius 3 is 2.23 bits per heavy atom. The number of carbonyl (C=O) groups is 1. The minimum absolute atomic E-state index is 0. The number of aromatic hydroxyl groups is 1. The molecule has 0 saturated carbocycles. The predicted molar refractivity (Wildman–Crippen MR) is 79.6 cm³/mol. The second-order valence-electron chi connectivity index (χ2n) is 4.27. The number of rotatable bonds is 4. The van der Waals surface area contributed by atoms with E-state index in [4.69, 9.17) is 5.11 Å². The molecular formula is C16H16FmNO4-. The first kappa shape index (κ1) is 18.2. The number of hydrogen-bond donors (Lipinski definition) is 3. The molecule has 0 aliphatic carbocycles. The zero-order chi connectivity index (χ0) is 15.7. The van der Waals surface area contributed by atoms with Crippen molar-refractivity contribution < 1.29 is 19.8 Å². The van der Waals surface area contributed by atoms with Crippen molar-refractivity contribution in [2.24, 2.45) is 0 Å². The molecule has 0 aliphatic rings. The number of aliphatic carboxylic acids is 1. The van der Waals surface area contributed by atoms with Gasteiger partial charge in [0.2, 0.25) is 0 Å². The average molecular weight is 543 g/mol. The van der Waals surface area contributed by atoms with E-state index in [0.29, 0.717) is 5.75 Å². The number of hydrogen-bond acceptors (Lipinski definition) is 3. The Hall–Kier alpha value is -3.82. The van der Waals surface area contributed by atoms with Crippen molar-refractivity contribution in [1.29, 1.82) is 0 Å². The number of carboxylic acids is 1. The molecule has 1 amide bonds. The molecule has 0 atom stereocenters. The smallest absolute Gasteiger partial charge is 0.320 e. The summed E-state index contributed by atoms with van der Waals surface area (Å²) >= 11 is 0. The standard InChI is InChI=1S/C13H12O.C3H4NO3.Fm/c1-10-5-7-11(8-6-10)12-3-2-4-13(14)9-12;5-2-4-1-3(6)7;/h2-9,14H,1H3;1H2,(H,4,5)(H,6,7);/q;-1;. The third kappa shape index (κ3) is 6.38. The van der Waals surface area contributed by atoms with E-state index in [1.54, 1.807) is 12.1 Å². The largest absolute Gasteiger partial charge is 0.521 e. The maximum absolute atomic E-state index is 9.52. The predicted octanol–water partition coefficient (Wildman–Crippen LogP) is 2.10. The van der Waals surface area contributed by atoms with Crippen molar-refractivity contribution >= 4 is 12.4 Å². The summed E-state index contributed by atoms with van der Waals surface area (Å²) in [6.07, 6.45) is 1.22. The van der Waals surface area contributed by atoms with Gasteiger partial charge in [-0.2, -0.15) is 6.41 Å². The van der Waals surface area contributed by atoms with Crippen LogP contribution in [-0.2, 0) is 9.59 Å². The van der Waals surface area contributed by atoms with Crippen LogP contribution in [0.25, 0.3) is 11.1 Å². The first-order valence-corrected chi connectivity index (χ1v) is 6.21. The van der Waals surface area contributed by atoms with Gasteiger partial charge >= 0.3 is 5.97 Å². The van der Waals surface area contributed by atoms with E-state index in [9.17, 15) is 14.7 Å². The minimum atomic E-state index is -1.07. The van der Waals surface area contributed by atoms with Gasteiger partial charge in [0.15, 0.2) is 0 Å². The molecular weight excluding hydrogens is 527 g/mol. The number of carbonyl (C=O) groups excluding carboxylic acids is 1. The zero-order valence-corrected chi connectivity index (χ0v) is 14.2. The summed E-state index contributed by atoms with van der Waals surface area (Å²) in [5.41, 5.74) is 3.42. The van der Waals surface area contributed by atoms with Gasteiger partial charge in [-0.3, -0.25) is 4.79 Å². The Morgan fingerprint density at radius 1 is 1.14 bits per heavy atom. The monoisotopic (exact) mass is 543 g/mol. The van der Waals surface area contributed by atoms with Crippen LogP contribution in [0, 0.1) is 6.92 Å². The van der Waals surface area contributed by atoms with Gasteiger partial charge in [0.1, 0.15) is 5.75 Å². The number of aryl methyl sites for hydroxylation is 1. The molecule has 0 unspecified atom stereocenters. The van der Waals surface area contributed by atoms with Crippen molar-refractivity contribution in [3.8, 4) is 16.9 Å². The average Bonchev–Trinajstić information content (AvgIpc) is 2.46. The second-order valence-corrected chi connectivity index (χ2v) is 4.27. The SMILES string of the molecule is Cc1ccc(-c2cccc(O)c2)cc1.O=[C-]NCC(=O)O.[Fm]. The van der Waals surface area contributed by atoms with Crippen molar-refractivity contribution in [2.75, 3.05) is 6.54 Å². The van der Waals surface area contributed by atoms with Crippen LogP contribution in [0.5, 0.6) is 5.75 Å². The van der Waals surface area contributed by atoms with Crippen LogP contribution >= 0.6 is 0 Å². The number of benzene rings is 2. The molecule has 0 fully saturated rings. The van der Waals surface area contributed by atoms with Gasteiger partial charge in [-0.25, -0.2) is 0 Å². The van der Waals surface area contributed by atoms with Crippen molar-refractivity contribution in [2.45, 2.75) is 6.92 Å². The maximum Gasteiger partial charge on any atom is 0.320 e. The van der Waals surface area contributed by atoms with Crippen LogP contribution in [0.2, 0.25) is 0 Å². The maximum atomic E-state index is 9.52. The third-order valence-electron chi connectivity index (χ3n) is 2.54. The summed E-state index contributed by atoms with van der Waals surface area (Å²) in [7, 11) is 0. The van der Waals surface area contributed by atoms with E-state index >= 15 is 0 Å². The molecule has 0 radical (unpaired) electrons. The summed E-state index contributed by atoms with van der Waals surface area (Å²) < 4.78 is 0. The fourth-order valence-electron chi connectivity index (χ4n) is 1.54. The van der Waals surface area contributed by atoms with Crippen LogP contribution in [0.3, 0.4) is 0 Å². The fourth-order valence-corrected chi connectivity index (χ4v) is 1.54. The molecule has 3 N–H and O–H groups in total.